The quantitative estimate of drug-likeness (QED) is 0.366. The molecule has 100 valence electrons. The maximum Gasteiger partial charge on any atom is 0.329 e. The van der Waals surface area contributed by atoms with Gasteiger partial charge in [0.15, 0.2) is 0 Å². The summed E-state index contributed by atoms with van der Waals surface area (Å²) in [4.78, 5) is 21.5. The van der Waals surface area contributed by atoms with Crippen molar-refractivity contribution < 1.29 is 29.6 Å². The molecule has 0 aliphatic rings. The second kappa shape index (κ2) is 5.97. The van der Waals surface area contributed by atoms with Crippen LogP contribution >= 0.6 is 0 Å². The Balaban J connectivity index is 3.98. The van der Waals surface area contributed by atoms with Crippen molar-refractivity contribution in [2.75, 3.05) is 0 Å². The van der Waals surface area contributed by atoms with Crippen LogP contribution in [0.4, 0.5) is 0 Å². The minimum absolute atomic E-state index is 0.0179. The van der Waals surface area contributed by atoms with Crippen molar-refractivity contribution >= 4 is 11.9 Å². The standard InChI is InChI=1S/C11H20O6/c1-10(2,3)11(15,16)17-9(14)7-5-4-6-8(12)13/h15-16H,4-7H2,1-3H3,(H,12,13). The van der Waals surface area contributed by atoms with E-state index in [1.807, 2.05) is 0 Å². The number of unbranched alkanes of at least 4 members (excludes halogenated alkanes) is 1. The molecular weight excluding hydrogens is 228 g/mol. The number of hydrogen-bond donors (Lipinski definition) is 3. The van der Waals surface area contributed by atoms with Gasteiger partial charge in [0, 0.05) is 12.8 Å². The van der Waals surface area contributed by atoms with Gasteiger partial charge in [-0.15, -0.1) is 0 Å². The molecule has 0 aromatic rings. The summed E-state index contributed by atoms with van der Waals surface area (Å²) in [5.74, 6) is -4.20. The molecule has 0 aromatic carbocycles. The molecule has 0 unspecified atom stereocenters. The van der Waals surface area contributed by atoms with Crippen molar-refractivity contribution in [1.82, 2.24) is 0 Å². The maximum atomic E-state index is 11.3. The number of ether oxygens (including phenoxy) is 1. The normalized spacial score (nSPS) is 12.3. The van der Waals surface area contributed by atoms with E-state index in [0.29, 0.717) is 12.8 Å². The Morgan fingerprint density at radius 2 is 1.53 bits per heavy atom. The summed E-state index contributed by atoms with van der Waals surface area (Å²) in [5, 5.41) is 27.3. The van der Waals surface area contributed by atoms with Gasteiger partial charge in [0.1, 0.15) is 0 Å². The third-order valence-corrected chi connectivity index (χ3v) is 2.25. The lowest BCUT2D eigenvalue weighted by Gasteiger charge is -2.33. The summed E-state index contributed by atoms with van der Waals surface area (Å²) in [6, 6.07) is 0. The second-order valence-electron chi connectivity index (χ2n) is 4.93. The molecule has 3 N–H and O–H groups in total. The highest BCUT2D eigenvalue weighted by Gasteiger charge is 2.42. The first-order chi connectivity index (χ1) is 7.56. The van der Waals surface area contributed by atoms with Crippen LogP contribution in [0.5, 0.6) is 0 Å². The third kappa shape index (κ3) is 6.23. The van der Waals surface area contributed by atoms with E-state index in [1.165, 1.54) is 20.8 Å². The zero-order valence-corrected chi connectivity index (χ0v) is 10.4. The molecule has 6 heteroatoms. The van der Waals surface area contributed by atoms with Crippen LogP contribution < -0.4 is 0 Å². The van der Waals surface area contributed by atoms with Crippen molar-refractivity contribution in [3.05, 3.63) is 0 Å². The number of aliphatic hydroxyl groups is 2. The first kappa shape index (κ1) is 15.9. The Morgan fingerprint density at radius 3 is 1.94 bits per heavy atom. The number of carbonyl (C=O) groups is 2. The van der Waals surface area contributed by atoms with Crippen LogP contribution in [0.15, 0.2) is 0 Å². The Hall–Kier alpha value is -1.14. The minimum atomic E-state index is -2.52. The molecule has 0 spiro atoms. The fourth-order valence-corrected chi connectivity index (χ4v) is 0.908. The molecule has 0 atom stereocenters. The van der Waals surface area contributed by atoms with Gasteiger partial charge >= 0.3 is 17.9 Å². The van der Waals surface area contributed by atoms with Crippen molar-refractivity contribution in [1.29, 1.82) is 0 Å². The Morgan fingerprint density at radius 1 is 1.06 bits per heavy atom. The molecule has 0 fully saturated rings. The van der Waals surface area contributed by atoms with Crippen LogP contribution in [-0.4, -0.2) is 33.2 Å². The van der Waals surface area contributed by atoms with Crippen LogP contribution in [0.3, 0.4) is 0 Å². The van der Waals surface area contributed by atoms with Crippen molar-refractivity contribution in [3.63, 3.8) is 0 Å². The number of carbonyl (C=O) groups excluding carboxylic acids is 1. The van der Waals surface area contributed by atoms with Crippen LogP contribution in [0.25, 0.3) is 0 Å². The SMILES string of the molecule is CC(C)(C)C(O)(O)OC(=O)CCCCC(=O)O. The van der Waals surface area contributed by atoms with E-state index in [9.17, 15) is 19.8 Å². The van der Waals surface area contributed by atoms with E-state index in [1.54, 1.807) is 0 Å². The van der Waals surface area contributed by atoms with Gasteiger partial charge in [-0.05, 0) is 12.8 Å². The van der Waals surface area contributed by atoms with Crippen LogP contribution in [0.2, 0.25) is 0 Å². The molecule has 0 aliphatic heterocycles. The number of hydrogen-bond acceptors (Lipinski definition) is 5. The van der Waals surface area contributed by atoms with E-state index in [-0.39, 0.29) is 12.8 Å². The molecule has 0 rings (SSSR count). The van der Waals surface area contributed by atoms with E-state index in [4.69, 9.17) is 5.11 Å². The highest BCUT2D eigenvalue weighted by Crippen LogP contribution is 2.29. The average Bonchev–Trinajstić information content (AvgIpc) is 2.09. The Bertz CT molecular complexity index is 276. The molecule has 0 saturated heterocycles. The lowest BCUT2D eigenvalue weighted by atomic mass is 9.93. The van der Waals surface area contributed by atoms with E-state index in [2.05, 4.69) is 4.74 Å². The third-order valence-electron chi connectivity index (χ3n) is 2.25. The van der Waals surface area contributed by atoms with Gasteiger partial charge < -0.3 is 20.1 Å². The van der Waals surface area contributed by atoms with Crippen LogP contribution in [0.1, 0.15) is 46.5 Å². The van der Waals surface area contributed by atoms with Crippen molar-refractivity contribution in [3.8, 4) is 0 Å². The highest BCUT2D eigenvalue weighted by molar-refractivity contribution is 5.70. The predicted octanol–water partition coefficient (Wildman–Crippen LogP) is 0.859. The molecule has 6 nitrogen and oxygen atoms in total. The summed E-state index contributed by atoms with van der Waals surface area (Å²) < 4.78 is 4.53. The summed E-state index contributed by atoms with van der Waals surface area (Å²) in [7, 11) is 0. The lowest BCUT2D eigenvalue weighted by molar-refractivity contribution is -0.366. The number of esters is 1. The molecular formula is C11H20O6. The highest BCUT2D eigenvalue weighted by atomic mass is 16.8. The second-order valence-corrected chi connectivity index (χ2v) is 4.93. The predicted molar refractivity (Wildman–Crippen MR) is 58.8 cm³/mol. The van der Waals surface area contributed by atoms with E-state index in [0.717, 1.165) is 0 Å². The summed E-state index contributed by atoms with van der Waals surface area (Å²) in [5.41, 5.74) is -1.01. The first-order valence-corrected chi connectivity index (χ1v) is 5.44. The van der Waals surface area contributed by atoms with Gasteiger partial charge in [-0.2, -0.15) is 0 Å². The van der Waals surface area contributed by atoms with Gasteiger partial charge in [0.25, 0.3) is 0 Å². The fourth-order valence-electron chi connectivity index (χ4n) is 0.908. The molecule has 0 bridgehead atoms. The maximum absolute atomic E-state index is 11.3. The van der Waals surface area contributed by atoms with Crippen LogP contribution in [0, 0.1) is 5.41 Å². The fraction of sp³-hybridized carbons (Fsp3) is 0.818. The largest absolute Gasteiger partial charge is 0.481 e. The molecule has 0 radical (unpaired) electrons. The first-order valence-electron chi connectivity index (χ1n) is 5.44. The number of carboxylic acids is 1. The molecule has 0 amide bonds. The zero-order chi connectivity index (χ0) is 13.7. The summed E-state index contributed by atoms with van der Waals surface area (Å²) in [6.07, 6.45) is 0.636. The van der Waals surface area contributed by atoms with E-state index >= 15 is 0 Å². The Labute approximate surface area is 100 Å². The van der Waals surface area contributed by atoms with Crippen LogP contribution in [-0.2, 0) is 14.3 Å². The zero-order valence-electron chi connectivity index (χ0n) is 10.4. The molecule has 0 saturated carbocycles. The topological polar surface area (TPSA) is 104 Å². The summed E-state index contributed by atoms with van der Waals surface area (Å²) in [6.45, 7) is 4.56. The smallest absolute Gasteiger partial charge is 0.329 e. The van der Waals surface area contributed by atoms with Gasteiger partial charge in [-0.3, -0.25) is 9.59 Å². The summed E-state index contributed by atoms with van der Waals surface area (Å²) >= 11 is 0. The van der Waals surface area contributed by atoms with Gasteiger partial charge in [0.05, 0.1) is 5.41 Å². The lowest BCUT2D eigenvalue weighted by Crippen LogP contribution is -2.46. The van der Waals surface area contributed by atoms with Crippen molar-refractivity contribution in [2.24, 2.45) is 5.41 Å². The number of rotatable bonds is 6. The monoisotopic (exact) mass is 248 g/mol. The van der Waals surface area contributed by atoms with Gasteiger partial charge in [0.2, 0.25) is 0 Å². The molecule has 0 aliphatic carbocycles. The van der Waals surface area contributed by atoms with Gasteiger partial charge in [-0.25, -0.2) is 0 Å². The van der Waals surface area contributed by atoms with Crippen molar-refractivity contribution in [2.45, 2.75) is 52.4 Å². The molecule has 17 heavy (non-hydrogen) atoms. The van der Waals surface area contributed by atoms with E-state index < -0.39 is 23.3 Å². The average molecular weight is 248 g/mol. The number of aliphatic carboxylic acids is 1. The molecule has 0 heterocycles. The van der Waals surface area contributed by atoms with Gasteiger partial charge in [-0.1, -0.05) is 20.8 Å². The Kier molecular flexibility index (Phi) is 5.57. The minimum Gasteiger partial charge on any atom is -0.481 e. The molecule has 0 aromatic heterocycles. The number of carboxylic acid groups (broad SMARTS) is 1.